The van der Waals surface area contributed by atoms with Crippen LogP contribution in [0.4, 0.5) is 4.79 Å². The van der Waals surface area contributed by atoms with Crippen molar-refractivity contribution in [1.29, 1.82) is 0 Å². The lowest BCUT2D eigenvalue weighted by molar-refractivity contribution is 0.00494. The Kier molecular flexibility index (Phi) is 6.39. The fourth-order valence-corrected chi connectivity index (χ4v) is 3.86. The van der Waals surface area contributed by atoms with E-state index in [2.05, 4.69) is 42.1 Å². The normalized spacial score (nSPS) is 24.6. The Hall–Kier alpha value is -2.24. The van der Waals surface area contributed by atoms with E-state index in [1.165, 1.54) is 29.7 Å². The fourth-order valence-electron chi connectivity index (χ4n) is 3.86. The van der Waals surface area contributed by atoms with Crippen molar-refractivity contribution in [2.24, 2.45) is 10.9 Å². The monoisotopic (exact) mass is 400 g/mol. The highest BCUT2D eigenvalue weighted by Gasteiger charge is 2.36. The molecule has 3 aliphatic rings. The van der Waals surface area contributed by atoms with Gasteiger partial charge in [-0.3, -0.25) is 0 Å². The Bertz CT molecular complexity index is 753. The zero-order chi connectivity index (χ0) is 21.2. The van der Waals surface area contributed by atoms with Crippen LogP contribution < -0.4 is 5.32 Å². The molecule has 6 nitrogen and oxygen atoms in total. The van der Waals surface area contributed by atoms with Crippen LogP contribution in [-0.2, 0) is 4.74 Å². The predicted molar refractivity (Wildman–Crippen MR) is 117 cm³/mol. The Morgan fingerprint density at radius 3 is 2.66 bits per heavy atom. The SMILES string of the molecule is CC/C=C/NC1=NC=C(C2CC2)/C1=C(/C)N1CCN(C(=O)OC(C)(C)C)C(C)C1. The predicted octanol–water partition coefficient (Wildman–Crippen LogP) is 4.42. The number of carbonyl (C=O) groups excluding carboxylic acids is 1. The molecule has 3 rings (SSSR count). The number of nitrogens with one attached hydrogen (secondary N) is 1. The maximum absolute atomic E-state index is 12.5. The molecule has 2 heterocycles. The van der Waals surface area contributed by atoms with E-state index in [0.717, 1.165) is 25.3 Å². The lowest BCUT2D eigenvalue weighted by Gasteiger charge is -2.42. The molecular formula is C23H36N4O2. The van der Waals surface area contributed by atoms with Crippen LogP contribution in [0.5, 0.6) is 0 Å². The summed E-state index contributed by atoms with van der Waals surface area (Å²) in [4.78, 5) is 21.4. The Morgan fingerprint density at radius 1 is 1.34 bits per heavy atom. The van der Waals surface area contributed by atoms with Gasteiger partial charge in [-0.2, -0.15) is 0 Å². The van der Waals surface area contributed by atoms with Gasteiger partial charge in [0.25, 0.3) is 0 Å². The average molecular weight is 401 g/mol. The number of allylic oxidation sites excluding steroid dienone is 2. The van der Waals surface area contributed by atoms with E-state index in [0.29, 0.717) is 12.5 Å². The molecule has 1 amide bonds. The Labute approximate surface area is 175 Å². The summed E-state index contributed by atoms with van der Waals surface area (Å²) in [5.74, 6) is 1.58. The number of nitrogens with zero attached hydrogens (tertiary/aromatic N) is 3. The highest BCUT2D eigenvalue weighted by atomic mass is 16.6. The number of hydrogen-bond donors (Lipinski definition) is 1. The van der Waals surface area contributed by atoms with Gasteiger partial charge >= 0.3 is 6.09 Å². The van der Waals surface area contributed by atoms with E-state index in [-0.39, 0.29) is 12.1 Å². The molecule has 1 atom stereocenters. The lowest BCUT2D eigenvalue weighted by Crippen LogP contribution is -2.54. The fraction of sp³-hybridized carbons (Fsp3) is 0.652. The van der Waals surface area contributed by atoms with Crippen LogP contribution in [0, 0.1) is 5.92 Å². The number of amides is 1. The highest BCUT2D eigenvalue weighted by molar-refractivity contribution is 6.06. The van der Waals surface area contributed by atoms with Crippen LogP contribution in [0.2, 0.25) is 0 Å². The van der Waals surface area contributed by atoms with E-state index >= 15 is 0 Å². The molecule has 0 radical (unpaired) electrons. The number of carbonyl (C=O) groups is 1. The maximum atomic E-state index is 12.5. The lowest BCUT2D eigenvalue weighted by atomic mass is 10.00. The summed E-state index contributed by atoms with van der Waals surface area (Å²) in [6.07, 6.45) is 9.40. The minimum Gasteiger partial charge on any atom is -0.444 e. The summed E-state index contributed by atoms with van der Waals surface area (Å²) in [7, 11) is 0. The number of piperazine rings is 1. The largest absolute Gasteiger partial charge is 0.444 e. The van der Waals surface area contributed by atoms with Crippen LogP contribution in [0.25, 0.3) is 0 Å². The van der Waals surface area contributed by atoms with E-state index in [4.69, 9.17) is 4.74 Å². The van der Waals surface area contributed by atoms with E-state index < -0.39 is 5.60 Å². The van der Waals surface area contributed by atoms with Crippen molar-refractivity contribution in [1.82, 2.24) is 15.1 Å². The molecule has 0 aromatic rings. The van der Waals surface area contributed by atoms with Gasteiger partial charge in [0, 0.05) is 43.1 Å². The zero-order valence-corrected chi connectivity index (χ0v) is 18.8. The summed E-state index contributed by atoms with van der Waals surface area (Å²) >= 11 is 0. The molecule has 29 heavy (non-hydrogen) atoms. The van der Waals surface area contributed by atoms with Gasteiger partial charge in [0.1, 0.15) is 11.4 Å². The zero-order valence-electron chi connectivity index (χ0n) is 18.8. The van der Waals surface area contributed by atoms with Crippen molar-refractivity contribution in [3.63, 3.8) is 0 Å². The number of hydrogen-bond acceptors (Lipinski definition) is 5. The van der Waals surface area contributed by atoms with Crippen LogP contribution in [0.3, 0.4) is 0 Å². The first-order valence-electron chi connectivity index (χ1n) is 10.9. The van der Waals surface area contributed by atoms with Crippen LogP contribution in [0.1, 0.15) is 60.8 Å². The van der Waals surface area contributed by atoms with Crippen molar-refractivity contribution >= 4 is 11.9 Å². The molecular weight excluding hydrogens is 364 g/mol. The van der Waals surface area contributed by atoms with Crippen molar-refractivity contribution in [2.75, 3.05) is 19.6 Å². The van der Waals surface area contributed by atoms with Crippen molar-refractivity contribution in [3.05, 3.63) is 35.3 Å². The van der Waals surface area contributed by atoms with E-state index in [1.54, 1.807) is 0 Å². The van der Waals surface area contributed by atoms with Gasteiger partial charge in [-0.25, -0.2) is 9.79 Å². The molecule has 1 N–H and O–H groups in total. The summed E-state index contributed by atoms with van der Waals surface area (Å²) in [5.41, 5.74) is 3.37. The molecule has 0 aromatic carbocycles. The standard InChI is InChI=1S/C23H36N4O2/c1-7-8-11-24-21-20(19(14-25-21)18-9-10-18)17(3)26-12-13-27(16(2)15-26)22(28)29-23(4,5)6/h8,11,14,16,18H,7,9-10,12-13,15H2,1-6H3,(H,24,25)/b11-8+,20-17+. The molecule has 2 fully saturated rings. The summed E-state index contributed by atoms with van der Waals surface area (Å²) in [5, 5.41) is 3.38. The van der Waals surface area contributed by atoms with Crippen LogP contribution in [0.15, 0.2) is 40.3 Å². The van der Waals surface area contributed by atoms with Crippen molar-refractivity contribution in [3.8, 4) is 0 Å². The highest BCUT2D eigenvalue weighted by Crippen LogP contribution is 2.43. The van der Waals surface area contributed by atoms with E-state index in [9.17, 15) is 4.79 Å². The van der Waals surface area contributed by atoms with Crippen LogP contribution in [-0.4, -0.2) is 53.0 Å². The summed E-state index contributed by atoms with van der Waals surface area (Å²) in [6.45, 7) is 14.4. The third-order valence-electron chi connectivity index (χ3n) is 5.54. The molecule has 160 valence electrons. The third kappa shape index (κ3) is 5.22. The minimum atomic E-state index is -0.470. The summed E-state index contributed by atoms with van der Waals surface area (Å²) in [6, 6.07) is 0.0947. The molecule has 1 unspecified atom stereocenters. The molecule has 2 aliphatic heterocycles. The molecule has 1 saturated carbocycles. The molecule has 0 bridgehead atoms. The number of rotatable bonds is 4. The maximum Gasteiger partial charge on any atom is 0.410 e. The number of ether oxygens (including phenoxy) is 1. The first kappa shape index (κ1) is 21.5. The van der Waals surface area contributed by atoms with Gasteiger partial charge in [-0.15, -0.1) is 0 Å². The second-order valence-corrected chi connectivity index (χ2v) is 9.22. The number of aliphatic imine (C=N–C) groups is 1. The molecule has 1 saturated heterocycles. The van der Waals surface area contributed by atoms with Crippen molar-refractivity contribution < 1.29 is 9.53 Å². The second kappa shape index (κ2) is 8.64. The van der Waals surface area contributed by atoms with Gasteiger partial charge in [0.15, 0.2) is 0 Å². The molecule has 0 spiro atoms. The van der Waals surface area contributed by atoms with Crippen molar-refractivity contribution in [2.45, 2.75) is 72.4 Å². The summed E-state index contributed by atoms with van der Waals surface area (Å²) < 4.78 is 5.58. The van der Waals surface area contributed by atoms with Crippen LogP contribution >= 0.6 is 0 Å². The molecule has 6 heteroatoms. The van der Waals surface area contributed by atoms with Gasteiger partial charge in [-0.1, -0.05) is 13.0 Å². The number of amidine groups is 1. The Balaban J connectivity index is 1.74. The topological polar surface area (TPSA) is 57.2 Å². The molecule has 0 aromatic heterocycles. The smallest absolute Gasteiger partial charge is 0.410 e. The average Bonchev–Trinajstić information content (AvgIpc) is 3.40. The minimum absolute atomic E-state index is 0.0947. The van der Waals surface area contributed by atoms with Gasteiger partial charge in [0.05, 0.1) is 0 Å². The Morgan fingerprint density at radius 2 is 2.07 bits per heavy atom. The van der Waals surface area contributed by atoms with E-state index in [1.807, 2.05) is 38.1 Å². The third-order valence-corrected chi connectivity index (χ3v) is 5.54. The van der Waals surface area contributed by atoms with Gasteiger partial charge in [0.2, 0.25) is 0 Å². The van der Waals surface area contributed by atoms with Gasteiger partial charge < -0.3 is 19.9 Å². The van der Waals surface area contributed by atoms with Gasteiger partial charge in [-0.05, 0) is 71.6 Å². The quantitative estimate of drug-likeness (QED) is 0.759. The first-order chi connectivity index (χ1) is 13.7. The molecule has 1 aliphatic carbocycles. The first-order valence-corrected chi connectivity index (χ1v) is 10.9. The second-order valence-electron chi connectivity index (χ2n) is 9.22.